The van der Waals surface area contributed by atoms with E-state index in [4.69, 9.17) is 21.1 Å². The van der Waals surface area contributed by atoms with Gasteiger partial charge in [0.1, 0.15) is 17.5 Å². The third-order valence-electron chi connectivity index (χ3n) is 5.12. The molecule has 0 saturated heterocycles. The topological polar surface area (TPSA) is 84.9 Å². The van der Waals surface area contributed by atoms with Gasteiger partial charge in [-0.15, -0.1) is 0 Å². The van der Waals surface area contributed by atoms with Crippen LogP contribution in [0.15, 0.2) is 42.5 Å². The average Bonchev–Trinajstić information content (AvgIpc) is 2.77. The standard InChI is InChI=1S/C23H25ClN2O5/c1-4-14(2)25-23(29)15(3)26-18-11-16(9-10-21(18)31-13-22(26)28)19(27)12-30-20-8-6-5-7-17(20)24/h5-11,14-15H,4,12-13H2,1-3H3,(H,25,29)/t14-,15-/m0/s1. The van der Waals surface area contributed by atoms with Crippen molar-refractivity contribution in [1.29, 1.82) is 0 Å². The fourth-order valence-corrected chi connectivity index (χ4v) is 3.33. The Morgan fingerprint density at radius 1 is 1.23 bits per heavy atom. The molecule has 0 fully saturated rings. The molecule has 0 bridgehead atoms. The van der Waals surface area contributed by atoms with Gasteiger partial charge in [0.15, 0.2) is 19.0 Å². The van der Waals surface area contributed by atoms with Gasteiger partial charge in [-0.2, -0.15) is 0 Å². The summed E-state index contributed by atoms with van der Waals surface area (Å²) in [6, 6.07) is 10.9. The Morgan fingerprint density at radius 2 is 1.97 bits per heavy atom. The zero-order chi connectivity index (χ0) is 22.5. The van der Waals surface area contributed by atoms with Gasteiger partial charge in [0, 0.05) is 11.6 Å². The molecule has 2 atom stereocenters. The molecule has 2 aromatic carbocycles. The van der Waals surface area contributed by atoms with Crippen LogP contribution in [0.25, 0.3) is 0 Å². The van der Waals surface area contributed by atoms with E-state index in [-0.39, 0.29) is 36.9 Å². The summed E-state index contributed by atoms with van der Waals surface area (Å²) < 4.78 is 11.0. The van der Waals surface area contributed by atoms with Crippen molar-refractivity contribution in [2.24, 2.45) is 0 Å². The zero-order valence-corrected chi connectivity index (χ0v) is 18.4. The first kappa shape index (κ1) is 22.6. The molecule has 2 amide bonds. The minimum atomic E-state index is -0.756. The van der Waals surface area contributed by atoms with Gasteiger partial charge in [0.25, 0.3) is 5.91 Å². The quantitative estimate of drug-likeness (QED) is 0.628. The van der Waals surface area contributed by atoms with Crippen LogP contribution in [0.2, 0.25) is 5.02 Å². The Bertz CT molecular complexity index is 994. The Hall–Kier alpha value is -3.06. The molecule has 3 rings (SSSR count). The summed E-state index contributed by atoms with van der Waals surface area (Å²) >= 11 is 6.06. The number of Topliss-reactive ketones (excluding diaryl/α,β-unsaturated/α-hetero) is 1. The minimum absolute atomic E-state index is 0.0135. The Balaban J connectivity index is 1.81. The molecule has 31 heavy (non-hydrogen) atoms. The molecule has 8 heteroatoms. The highest BCUT2D eigenvalue weighted by atomic mass is 35.5. The number of nitrogens with one attached hydrogen (secondary N) is 1. The third kappa shape index (κ3) is 5.17. The summed E-state index contributed by atoms with van der Waals surface area (Å²) in [6.07, 6.45) is 0.774. The molecule has 0 saturated carbocycles. The predicted molar refractivity (Wildman–Crippen MR) is 118 cm³/mol. The van der Waals surface area contributed by atoms with Crippen molar-refractivity contribution in [3.8, 4) is 11.5 Å². The van der Waals surface area contributed by atoms with E-state index in [1.165, 1.54) is 4.90 Å². The maximum Gasteiger partial charge on any atom is 0.265 e. The van der Waals surface area contributed by atoms with Gasteiger partial charge >= 0.3 is 0 Å². The molecule has 164 valence electrons. The van der Waals surface area contributed by atoms with E-state index in [1.54, 1.807) is 49.4 Å². The molecule has 0 aliphatic carbocycles. The van der Waals surface area contributed by atoms with Crippen LogP contribution in [0.4, 0.5) is 5.69 Å². The molecule has 0 unspecified atom stereocenters. The number of carbonyl (C=O) groups excluding carboxylic acids is 3. The van der Waals surface area contributed by atoms with Crippen molar-refractivity contribution in [1.82, 2.24) is 5.32 Å². The number of hydrogen-bond donors (Lipinski definition) is 1. The summed E-state index contributed by atoms with van der Waals surface area (Å²) in [5, 5.41) is 3.30. The number of hydrogen-bond acceptors (Lipinski definition) is 5. The van der Waals surface area contributed by atoms with Crippen molar-refractivity contribution in [2.45, 2.75) is 39.3 Å². The summed E-state index contributed by atoms with van der Waals surface area (Å²) in [5.41, 5.74) is 0.718. The third-order valence-corrected chi connectivity index (χ3v) is 5.44. The van der Waals surface area contributed by atoms with Crippen LogP contribution in [-0.2, 0) is 9.59 Å². The second kappa shape index (κ2) is 9.83. The first-order valence-electron chi connectivity index (χ1n) is 10.1. The SMILES string of the molecule is CC[C@H](C)NC(=O)[C@H](C)N1C(=O)COc2ccc(C(=O)COc3ccccc3Cl)cc21. The van der Waals surface area contributed by atoms with E-state index >= 15 is 0 Å². The molecule has 1 heterocycles. The van der Waals surface area contributed by atoms with Gasteiger partial charge < -0.3 is 14.8 Å². The van der Waals surface area contributed by atoms with Crippen molar-refractivity contribution in [3.05, 3.63) is 53.1 Å². The van der Waals surface area contributed by atoms with Crippen molar-refractivity contribution in [3.63, 3.8) is 0 Å². The predicted octanol–water partition coefficient (Wildman–Crippen LogP) is 3.63. The van der Waals surface area contributed by atoms with Crippen LogP contribution in [-0.4, -0.2) is 42.9 Å². The van der Waals surface area contributed by atoms with Crippen LogP contribution >= 0.6 is 11.6 Å². The number of halogens is 1. The number of rotatable bonds is 8. The highest BCUT2D eigenvalue weighted by molar-refractivity contribution is 6.32. The van der Waals surface area contributed by atoms with Gasteiger partial charge in [-0.05, 0) is 50.6 Å². The zero-order valence-electron chi connectivity index (χ0n) is 17.7. The van der Waals surface area contributed by atoms with Crippen LogP contribution in [0, 0.1) is 0 Å². The summed E-state index contributed by atoms with van der Waals surface area (Å²) in [4.78, 5) is 39.3. The highest BCUT2D eigenvalue weighted by Crippen LogP contribution is 2.34. The van der Waals surface area contributed by atoms with Crippen LogP contribution in [0.1, 0.15) is 37.6 Å². The first-order valence-corrected chi connectivity index (χ1v) is 10.5. The maximum atomic E-state index is 12.7. The summed E-state index contributed by atoms with van der Waals surface area (Å²) in [7, 11) is 0. The van der Waals surface area contributed by atoms with E-state index in [1.807, 2.05) is 13.8 Å². The molecule has 2 aromatic rings. The number of benzene rings is 2. The van der Waals surface area contributed by atoms with Crippen molar-refractivity contribution < 1.29 is 23.9 Å². The Morgan fingerprint density at radius 3 is 2.68 bits per heavy atom. The number of ketones is 1. The van der Waals surface area contributed by atoms with E-state index in [0.29, 0.717) is 27.8 Å². The summed E-state index contributed by atoms with van der Waals surface area (Å²) in [5.74, 6) is -0.0692. The smallest absolute Gasteiger partial charge is 0.265 e. The number of fused-ring (bicyclic) bond motifs is 1. The Labute approximate surface area is 186 Å². The van der Waals surface area contributed by atoms with Crippen LogP contribution in [0.5, 0.6) is 11.5 Å². The summed E-state index contributed by atoms with van der Waals surface area (Å²) in [6.45, 7) is 5.13. The second-order valence-corrected chi connectivity index (χ2v) is 7.78. The van der Waals surface area contributed by atoms with E-state index in [9.17, 15) is 14.4 Å². The average molecular weight is 445 g/mol. The van der Waals surface area contributed by atoms with E-state index in [2.05, 4.69) is 5.32 Å². The first-order chi connectivity index (χ1) is 14.8. The second-order valence-electron chi connectivity index (χ2n) is 7.37. The molecule has 1 aliphatic rings. The van der Waals surface area contributed by atoms with Gasteiger partial charge in [-0.3, -0.25) is 19.3 Å². The molecule has 1 aliphatic heterocycles. The molecule has 7 nitrogen and oxygen atoms in total. The number of anilines is 1. The Kier molecular flexibility index (Phi) is 7.17. The lowest BCUT2D eigenvalue weighted by atomic mass is 10.1. The molecule has 0 radical (unpaired) electrons. The van der Waals surface area contributed by atoms with Crippen LogP contribution in [0.3, 0.4) is 0 Å². The van der Waals surface area contributed by atoms with Gasteiger partial charge in [-0.25, -0.2) is 0 Å². The van der Waals surface area contributed by atoms with Gasteiger partial charge in [-0.1, -0.05) is 30.7 Å². The number of para-hydroxylation sites is 1. The van der Waals surface area contributed by atoms with Crippen molar-refractivity contribution >= 4 is 34.9 Å². The lowest BCUT2D eigenvalue weighted by Crippen LogP contribution is -2.52. The van der Waals surface area contributed by atoms with Crippen molar-refractivity contribution in [2.75, 3.05) is 18.1 Å². The molecular formula is C23H25ClN2O5. The molecule has 0 spiro atoms. The van der Waals surface area contributed by atoms with Gasteiger partial charge in [0.05, 0.1) is 10.7 Å². The normalized spacial score (nSPS) is 14.8. The number of nitrogens with zero attached hydrogens (tertiary/aromatic N) is 1. The number of carbonyl (C=O) groups is 3. The molecule has 1 N–H and O–H groups in total. The lowest BCUT2D eigenvalue weighted by Gasteiger charge is -2.34. The van der Waals surface area contributed by atoms with E-state index < -0.39 is 6.04 Å². The van der Waals surface area contributed by atoms with Gasteiger partial charge in [0.2, 0.25) is 5.91 Å². The number of amides is 2. The highest BCUT2D eigenvalue weighted by Gasteiger charge is 2.34. The molecule has 0 aromatic heterocycles. The fourth-order valence-electron chi connectivity index (χ4n) is 3.14. The van der Waals surface area contributed by atoms with E-state index in [0.717, 1.165) is 6.42 Å². The largest absolute Gasteiger partial charge is 0.484 e. The minimum Gasteiger partial charge on any atom is -0.484 e. The molecular weight excluding hydrogens is 420 g/mol. The number of ether oxygens (including phenoxy) is 2. The van der Waals surface area contributed by atoms with Crippen LogP contribution < -0.4 is 19.7 Å². The fraction of sp³-hybridized carbons (Fsp3) is 0.348. The monoisotopic (exact) mass is 444 g/mol. The maximum absolute atomic E-state index is 12.7. The lowest BCUT2D eigenvalue weighted by molar-refractivity contribution is -0.127.